The molecule has 4 aromatic rings. The molecule has 0 unspecified atom stereocenters. The number of carbonyl (C=O) groups excluding carboxylic acids is 1. The Balaban J connectivity index is 1.93. The summed E-state index contributed by atoms with van der Waals surface area (Å²) in [4.78, 5) is 27.1. The van der Waals surface area contributed by atoms with Gasteiger partial charge in [-0.05, 0) is 36.8 Å². The molecular weight excluding hydrogens is 342 g/mol. The first kappa shape index (κ1) is 17.1. The summed E-state index contributed by atoms with van der Waals surface area (Å²) in [7, 11) is 0. The van der Waals surface area contributed by atoms with Crippen LogP contribution < -0.4 is 10.4 Å². The smallest absolute Gasteiger partial charge is 0.336 e. The molecule has 2 aromatic heterocycles. The summed E-state index contributed by atoms with van der Waals surface area (Å²) in [5.41, 5.74) is 3.86. The van der Waals surface area contributed by atoms with E-state index < -0.39 is 5.63 Å². The monoisotopic (exact) mass is 361 g/mol. The van der Waals surface area contributed by atoms with Crippen molar-refractivity contribution >= 4 is 27.8 Å². The predicted molar refractivity (Wildman–Crippen MR) is 104 cm³/mol. The van der Waals surface area contributed by atoms with Crippen molar-refractivity contribution in [2.24, 2.45) is 0 Å². The number of H-pyrrole nitrogens is 1. The van der Waals surface area contributed by atoms with E-state index in [0.717, 1.165) is 27.5 Å². The topological polar surface area (TPSA) is 72.3 Å². The van der Waals surface area contributed by atoms with E-state index in [4.69, 9.17) is 9.15 Å². The summed E-state index contributed by atoms with van der Waals surface area (Å²) in [6.45, 7) is 3.75. The van der Waals surface area contributed by atoms with E-state index >= 15 is 0 Å². The molecule has 2 heterocycles. The summed E-state index contributed by atoms with van der Waals surface area (Å²) in [6, 6.07) is 14.7. The second kappa shape index (κ2) is 6.76. The van der Waals surface area contributed by atoms with E-state index in [9.17, 15) is 9.59 Å². The number of para-hydroxylation sites is 1. The second-order valence-electron chi connectivity index (χ2n) is 6.49. The number of hydrogen-bond donors (Lipinski definition) is 1. The largest absolute Gasteiger partial charge is 0.426 e. The van der Waals surface area contributed by atoms with Crippen LogP contribution in [0.15, 0.2) is 57.7 Å². The van der Waals surface area contributed by atoms with E-state index in [1.54, 1.807) is 25.1 Å². The lowest BCUT2D eigenvalue weighted by Gasteiger charge is -2.12. The molecule has 27 heavy (non-hydrogen) atoms. The first-order valence-electron chi connectivity index (χ1n) is 8.89. The highest BCUT2D eigenvalue weighted by atomic mass is 16.5. The van der Waals surface area contributed by atoms with Crippen molar-refractivity contribution in [2.45, 2.75) is 26.7 Å². The van der Waals surface area contributed by atoms with Crippen LogP contribution in [-0.2, 0) is 11.2 Å². The molecular formula is C22H19NO4. The summed E-state index contributed by atoms with van der Waals surface area (Å²) in [5, 5.41) is 1.89. The van der Waals surface area contributed by atoms with Crippen molar-refractivity contribution in [3.63, 3.8) is 0 Å². The minimum atomic E-state index is -0.432. The number of carbonyl (C=O) groups is 1. The number of aryl methyl sites for hydroxylation is 1. The van der Waals surface area contributed by atoms with Crippen molar-refractivity contribution in [3.05, 3.63) is 75.8 Å². The molecule has 2 aromatic carbocycles. The highest BCUT2D eigenvalue weighted by Crippen LogP contribution is 2.33. The molecule has 0 aliphatic rings. The van der Waals surface area contributed by atoms with E-state index in [1.165, 1.54) is 6.07 Å². The molecule has 0 amide bonds. The fraction of sp³-hybridized carbons (Fsp3) is 0.182. The van der Waals surface area contributed by atoms with Crippen LogP contribution in [0.2, 0.25) is 0 Å². The average Bonchev–Trinajstić information content (AvgIpc) is 2.98. The van der Waals surface area contributed by atoms with Gasteiger partial charge in [0.1, 0.15) is 11.3 Å². The number of ether oxygens (including phenoxy) is 1. The Morgan fingerprint density at radius 3 is 2.67 bits per heavy atom. The molecule has 1 N–H and O–H groups in total. The van der Waals surface area contributed by atoms with Gasteiger partial charge in [0.05, 0.1) is 0 Å². The normalized spacial score (nSPS) is 11.2. The van der Waals surface area contributed by atoms with E-state index in [1.807, 2.05) is 31.2 Å². The number of rotatable bonds is 4. The minimum absolute atomic E-state index is 0.266. The third-order valence-electron chi connectivity index (χ3n) is 4.74. The van der Waals surface area contributed by atoms with Crippen LogP contribution in [0.25, 0.3) is 21.9 Å². The molecule has 0 radical (unpaired) electrons. The molecule has 0 saturated heterocycles. The summed E-state index contributed by atoms with van der Waals surface area (Å²) >= 11 is 0. The van der Waals surface area contributed by atoms with Gasteiger partial charge in [0, 0.05) is 46.5 Å². The highest BCUT2D eigenvalue weighted by molar-refractivity contribution is 5.88. The Kier molecular flexibility index (Phi) is 4.28. The van der Waals surface area contributed by atoms with Crippen molar-refractivity contribution in [3.8, 4) is 5.75 Å². The van der Waals surface area contributed by atoms with Crippen molar-refractivity contribution in [2.75, 3.05) is 0 Å². The van der Waals surface area contributed by atoms with Crippen LogP contribution in [0, 0.1) is 6.92 Å². The first-order chi connectivity index (χ1) is 13.1. The van der Waals surface area contributed by atoms with E-state index in [-0.39, 0.29) is 12.4 Å². The molecule has 0 aliphatic carbocycles. The van der Waals surface area contributed by atoms with Crippen LogP contribution in [0.3, 0.4) is 0 Å². The predicted octanol–water partition coefficient (Wildman–Crippen LogP) is 4.49. The molecule has 136 valence electrons. The zero-order valence-corrected chi connectivity index (χ0v) is 15.2. The zero-order chi connectivity index (χ0) is 19.0. The van der Waals surface area contributed by atoms with Gasteiger partial charge in [-0.1, -0.05) is 25.1 Å². The number of fused-ring (bicyclic) bond motifs is 2. The lowest BCUT2D eigenvalue weighted by molar-refractivity contribution is -0.134. The standard InChI is InChI=1S/C22H19NO4/c1-3-20(24)26-19-10-8-14-9-11-21(25)27-22(14)17(19)12-16-13(2)23-18-7-5-4-6-15(16)18/h4-11,23H,3,12H2,1-2H3. The van der Waals surface area contributed by atoms with Gasteiger partial charge in [-0.2, -0.15) is 0 Å². The molecule has 0 aliphatic heterocycles. The summed E-state index contributed by atoms with van der Waals surface area (Å²) < 4.78 is 11.0. The Hall–Kier alpha value is -3.34. The van der Waals surface area contributed by atoms with Gasteiger partial charge >= 0.3 is 11.6 Å². The molecule has 0 saturated carbocycles. The number of aromatic amines is 1. The van der Waals surface area contributed by atoms with Crippen molar-refractivity contribution < 1.29 is 13.9 Å². The maximum Gasteiger partial charge on any atom is 0.336 e. The van der Waals surface area contributed by atoms with E-state index in [2.05, 4.69) is 4.98 Å². The van der Waals surface area contributed by atoms with Gasteiger partial charge in [-0.3, -0.25) is 4.79 Å². The van der Waals surface area contributed by atoms with Crippen LogP contribution in [0.1, 0.15) is 30.2 Å². The Morgan fingerprint density at radius 2 is 1.85 bits per heavy atom. The maximum atomic E-state index is 11.9. The Labute approximate surface area is 155 Å². The van der Waals surface area contributed by atoms with Gasteiger partial charge in [-0.15, -0.1) is 0 Å². The Bertz CT molecular complexity index is 1220. The number of hydrogen-bond acceptors (Lipinski definition) is 4. The van der Waals surface area contributed by atoms with E-state index in [0.29, 0.717) is 23.3 Å². The minimum Gasteiger partial charge on any atom is -0.426 e. The van der Waals surface area contributed by atoms with Crippen molar-refractivity contribution in [1.29, 1.82) is 0 Å². The first-order valence-corrected chi connectivity index (χ1v) is 8.89. The quantitative estimate of drug-likeness (QED) is 0.330. The van der Waals surface area contributed by atoms with Gasteiger partial charge in [-0.25, -0.2) is 4.79 Å². The number of esters is 1. The third-order valence-corrected chi connectivity index (χ3v) is 4.74. The molecule has 5 heteroatoms. The molecule has 0 atom stereocenters. The highest BCUT2D eigenvalue weighted by Gasteiger charge is 2.18. The van der Waals surface area contributed by atoms with Crippen LogP contribution in [0.4, 0.5) is 0 Å². The third kappa shape index (κ3) is 3.12. The Morgan fingerprint density at radius 1 is 1.07 bits per heavy atom. The molecule has 5 nitrogen and oxygen atoms in total. The van der Waals surface area contributed by atoms with Crippen LogP contribution >= 0.6 is 0 Å². The fourth-order valence-electron chi connectivity index (χ4n) is 3.37. The molecule has 0 bridgehead atoms. The summed E-state index contributed by atoms with van der Waals surface area (Å²) in [5.74, 6) is 0.0953. The maximum absolute atomic E-state index is 11.9. The molecule has 0 spiro atoms. The zero-order valence-electron chi connectivity index (χ0n) is 15.2. The van der Waals surface area contributed by atoms with Crippen molar-refractivity contribution in [1.82, 2.24) is 4.98 Å². The number of benzene rings is 2. The van der Waals surface area contributed by atoms with Gasteiger partial charge < -0.3 is 14.1 Å². The van der Waals surface area contributed by atoms with Crippen LogP contribution in [-0.4, -0.2) is 11.0 Å². The molecule has 0 fully saturated rings. The van der Waals surface area contributed by atoms with Gasteiger partial charge in [0.2, 0.25) is 0 Å². The lowest BCUT2D eigenvalue weighted by atomic mass is 9.99. The fourth-order valence-corrected chi connectivity index (χ4v) is 3.37. The molecule has 4 rings (SSSR count). The van der Waals surface area contributed by atoms with Crippen LogP contribution in [0.5, 0.6) is 5.75 Å². The SMILES string of the molecule is CCC(=O)Oc1ccc2ccc(=O)oc2c1Cc1c(C)[nH]c2ccccc12. The number of nitrogens with one attached hydrogen (secondary N) is 1. The van der Waals surface area contributed by atoms with Gasteiger partial charge in [0.25, 0.3) is 0 Å². The lowest BCUT2D eigenvalue weighted by Crippen LogP contribution is -2.09. The van der Waals surface area contributed by atoms with Gasteiger partial charge in [0.15, 0.2) is 0 Å². The number of aromatic nitrogens is 1. The second-order valence-corrected chi connectivity index (χ2v) is 6.49. The average molecular weight is 361 g/mol. The summed E-state index contributed by atoms with van der Waals surface area (Å²) in [6.07, 6.45) is 0.745.